The Labute approximate surface area is 98.8 Å². The zero-order valence-corrected chi connectivity index (χ0v) is 10.2. The van der Waals surface area contributed by atoms with Crippen LogP contribution in [0, 0.1) is 17.8 Å². The molecule has 4 bridgehead atoms. The molecule has 4 fully saturated rings. The summed E-state index contributed by atoms with van der Waals surface area (Å²) in [4.78, 5) is 0. The number of nitrogens with two attached hydrogens (primary N) is 1. The lowest BCUT2D eigenvalue weighted by Crippen LogP contribution is -2.59. The molecule has 0 radical (unpaired) electrons. The van der Waals surface area contributed by atoms with Gasteiger partial charge in [0, 0.05) is 18.6 Å². The molecule has 4 saturated carbocycles. The average Bonchev–Trinajstić information content (AvgIpc) is 2.12. The predicted octanol–water partition coefficient (Wildman–Crippen LogP) is 1.93. The van der Waals surface area contributed by atoms with Crippen LogP contribution in [0.3, 0.4) is 0 Å². The minimum absolute atomic E-state index is 0. The smallest absolute Gasteiger partial charge is 0.0190 e. The third kappa shape index (κ3) is 2.04. The predicted molar refractivity (Wildman–Crippen MR) is 65.2 cm³/mol. The zero-order valence-electron chi connectivity index (χ0n) is 9.37. The number of hydrogen-bond donors (Lipinski definition) is 2. The van der Waals surface area contributed by atoms with Crippen LogP contribution in [0.25, 0.3) is 0 Å². The highest BCUT2D eigenvalue weighted by atomic mass is 35.5. The Morgan fingerprint density at radius 1 is 1.00 bits per heavy atom. The van der Waals surface area contributed by atoms with Crippen molar-refractivity contribution in [2.24, 2.45) is 23.5 Å². The molecule has 4 aliphatic rings. The Morgan fingerprint density at radius 2 is 1.47 bits per heavy atom. The molecule has 0 heterocycles. The number of halogens is 1. The van der Waals surface area contributed by atoms with Crippen LogP contribution < -0.4 is 11.1 Å². The van der Waals surface area contributed by atoms with Crippen molar-refractivity contribution in [2.45, 2.75) is 44.1 Å². The highest BCUT2D eigenvalue weighted by molar-refractivity contribution is 5.85. The fraction of sp³-hybridized carbons (Fsp3) is 1.00. The molecule has 4 aliphatic carbocycles. The molecular formula is C12H23ClN2. The second-order valence-corrected chi connectivity index (χ2v) is 5.91. The Bertz CT molecular complexity index is 194. The van der Waals surface area contributed by atoms with Crippen LogP contribution >= 0.6 is 12.4 Å². The summed E-state index contributed by atoms with van der Waals surface area (Å²) >= 11 is 0. The van der Waals surface area contributed by atoms with Crippen molar-refractivity contribution in [1.29, 1.82) is 0 Å². The van der Waals surface area contributed by atoms with Gasteiger partial charge in [-0.25, -0.2) is 0 Å². The first kappa shape index (κ1) is 11.7. The summed E-state index contributed by atoms with van der Waals surface area (Å²) in [5.41, 5.74) is 6.12. The standard InChI is InChI=1S/C12H22N2.ClH/c13-1-2-14-12-6-9-3-10(7-12)5-11(4-9)8-12;/h9-11,14H,1-8,13H2;1H. The SMILES string of the molecule is Cl.NCCNC12CC3CC(CC(C3)C1)C2. The maximum Gasteiger partial charge on any atom is 0.0190 e. The minimum atomic E-state index is 0. The van der Waals surface area contributed by atoms with E-state index in [0.29, 0.717) is 5.54 Å². The van der Waals surface area contributed by atoms with E-state index in [0.717, 1.165) is 30.8 Å². The molecule has 0 saturated heterocycles. The van der Waals surface area contributed by atoms with Gasteiger partial charge in [0.15, 0.2) is 0 Å². The molecule has 0 aromatic carbocycles. The molecule has 88 valence electrons. The molecule has 15 heavy (non-hydrogen) atoms. The lowest BCUT2D eigenvalue weighted by atomic mass is 9.53. The van der Waals surface area contributed by atoms with E-state index in [4.69, 9.17) is 5.73 Å². The molecule has 4 rings (SSSR count). The second kappa shape index (κ2) is 4.23. The van der Waals surface area contributed by atoms with Gasteiger partial charge in [0.25, 0.3) is 0 Å². The highest BCUT2D eigenvalue weighted by Crippen LogP contribution is 2.55. The van der Waals surface area contributed by atoms with Crippen LogP contribution in [0.4, 0.5) is 0 Å². The summed E-state index contributed by atoms with van der Waals surface area (Å²) in [6, 6.07) is 0. The van der Waals surface area contributed by atoms with E-state index < -0.39 is 0 Å². The van der Waals surface area contributed by atoms with Crippen LogP contribution in [0.5, 0.6) is 0 Å². The molecule has 2 nitrogen and oxygen atoms in total. The van der Waals surface area contributed by atoms with E-state index in [1.54, 1.807) is 0 Å². The monoisotopic (exact) mass is 230 g/mol. The molecule has 3 heteroatoms. The maximum atomic E-state index is 5.60. The normalized spacial score (nSPS) is 46.6. The van der Waals surface area contributed by atoms with Crippen LogP contribution in [0.2, 0.25) is 0 Å². The van der Waals surface area contributed by atoms with E-state index in [1.807, 2.05) is 0 Å². The fourth-order valence-corrected chi connectivity index (χ4v) is 4.66. The third-order valence-electron chi connectivity index (χ3n) is 4.68. The minimum Gasteiger partial charge on any atom is -0.329 e. The number of rotatable bonds is 3. The van der Waals surface area contributed by atoms with Gasteiger partial charge in [-0.1, -0.05) is 0 Å². The first-order valence-corrected chi connectivity index (χ1v) is 6.25. The molecular weight excluding hydrogens is 208 g/mol. The third-order valence-corrected chi connectivity index (χ3v) is 4.68. The van der Waals surface area contributed by atoms with Crippen molar-refractivity contribution in [2.75, 3.05) is 13.1 Å². The summed E-state index contributed by atoms with van der Waals surface area (Å²) in [6.07, 6.45) is 8.92. The summed E-state index contributed by atoms with van der Waals surface area (Å²) in [7, 11) is 0. The summed E-state index contributed by atoms with van der Waals surface area (Å²) in [5.74, 6) is 3.14. The van der Waals surface area contributed by atoms with Crippen LogP contribution in [-0.4, -0.2) is 18.6 Å². The van der Waals surface area contributed by atoms with E-state index >= 15 is 0 Å². The average molecular weight is 231 g/mol. The first-order valence-electron chi connectivity index (χ1n) is 6.25. The van der Waals surface area contributed by atoms with Gasteiger partial charge in [-0.2, -0.15) is 0 Å². The Balaban J connectivity index is 0.000000853. The number of nitrogens with one attached hydrogen (secondary N) is 1. The van der Waals surface area contributed by atoms with E-state index in [9.17, 15) is 0 Å². The van der Waals surface area contributed by atoms with Gasteiger partial charge < -0.3 is 11.1 Å². The van der Waals surface area contributed by atoms with Gasteiger partial charge in [-0.15, -0.1) is 12.4 Å². The van der Waals surface area contributed by atoms with Gasteiger partial charge in [-0.05, 0) is 56.3 Å². The quantitative estimate of drug-likeness (QED) is 0.778. The molecule has 0 aliphatic heterocycles. The molecule has 0 aromatic heterocycles. The molecule has 0 amide bonds. The fourth-order valence-electron chi connectivity index (χ4n) is 4.66. The summed E-state index contributed by atoms with van der Waals surface area (Å²) < 4.78 is 0. The molecule has 0 spiro atoms. The summed E-state index contributed by atoms with van der Waals surface area (Å²) in [5, 5.41) is 3.75. The lowest BCUT2D eigenvalue weighted by Gasteiger charge is -2.57. The van der Waals surface area contributed by atoms with Crippen LogP contribution in [0.15, 0.2) is 0 Å². The largest absolute Gasteiger partial charge is 0.329 e. The molecule has 0 atom stereocenters. The van der Waals surface area contributed by atoms with Gasteiger partial charge in [-0.3, -0.25) is 0 Å². The Kier molecular flexibility index (Phi) is 3.30. The van der Waals surface area contributed by atoms with Crippen molar-refractivity contribution < 1.29 is 0 Å². The van der Waals surface area contributed by atoms with Gasteiger partial charge in [0.1, 0.15) is 0 Å². The molecule has 0 unspecified atom stereocenters. The molecule has 0 aromatic rings. The van der Waals surface area contributed by atoms with Crippen molar-refractivity contribution in [3.63, 3.8) is 0 Å². The first-order chi connectivity index (χ1) is 6.80. The Morgan fingerprint density at radius 3 is 1.87 bits per heavy atom. The van der Waals surface area contributed by atoms with Crippen molar-refractivity contribution in [3.05, 3.63) is 0 Å². The van der Waals surface area contributed by atoms with Crippen molar-refractivity contribution in [1.82, 2.24) is 5.32 Å². The zero-order chi connectivity index (χ0) is 9.60. The van der Waals surface area contributed by atoms with Crippen molar-refractivity contribution >= 4 is 12.4 Å². The number of hydrogen-bond acceptors (Lipinski definition) is 2. The highest BCUT2D eigenvalue weighted by Gasteiger charge is 2.50. The van der Waals surface area contributed by atoms with Crippen LogP contribution in [-0.2, 0) is 0 Å². The van der Waals surface area contributed by atoms with Gasteiger partial charge in [0.2, 0.25) is 0 Å². The topological polar surface area (TPSA) is 38.0 Å². The lowest BCUT2D eigenvalue weighted by molar-refractivity contribution is -0.0190. The Hall–Kier alpha value is 0.210. The van der Waals surface area contributed by atoms with Gasteiger partial charge >= 0.3 is 0 Å². The van der Waals surface area contributed by atoms with Crippen molar-refractivity contribution in [3.8, 4) is 0 Å². The van der Waals surface area contributed by atoms with E-state index in [2.05, 4.69) is 5.32 Å². The second-order valence-electron chi connectivity index (χ2n) is 5.91. The van der Waals surface area contributed by atoms with Gasteiger partial charge in [0.05, 0.1) is 0 Å². The maximum absolute atomic E-state index is 5.60. The van der Waals surface area contributed by atoms with E-state index in [-0.39, 0.29) is 12.4 Å². The summed E-state index contributed by atoms with van der Waals surface area (Å²) in [6.45, 7) is 1.81. The van der Waals surface area contributed by atoms with E-state index in [1.165, 1.54) is 38.5 Å². The molecule has 3 N–H and O–H groups in total. The van der Waals surface area contributed by atoms with Crippen LogP contribution in [0.1, 0.15) is 38.5 Å².